The number of carbonyl (C=O) groups excluding carboxylic acids is 1. The van der Waals surface area contributed by atoms with E-state index in [2.05, 4.69) is 49.9 Å². The van der Waals surface area contributed by atoms with Crippen molar-refractivity contribution in [1.29, 1.82) is 0 Å². The molecule has 0 saturated carbocycles. The molecule has 0 aromatic carbocycles. The molecule has 24 heavy (non-hydrogen) atoms. The van der Waals surface area contributed by atoms with Crippen molar-refractivity contribution in [1.82, 2.24) is 20.8 Å². The molecule has 2 rings (SSSR count). The number of halogens is 1. The van der Waals surface area contributed by atoms with Crippen LogP contribution in [0.15, 0.2) is 11.9 Å². The van der Waals surface area contributed by atoms with Gasteiger partial charge in [0.2, 0.25) is 0 Å². The molecule has 1 saturated heterocycles. The Hall–Kier alpha value is -0.540. The number of amides is 2. The van der Waals surface area contributed by atoms with Crippen LogP contribution in [-0.4, -0.2) is 48.7 Å². The highest BCUT2D eigenvalue weighted by Gasteiger charge is 2.30. The summed E-state index contributed by atoms with van der Waals surface area (Å²) in [6.07, 6.45) is 8.02. The zero-order chi connectivity index (χ0) is 16.8. The molecule has 3 N–H and O–H groups in total. The predicted molar refractivity (Wildman–Crippen MR) is 92.3 cm³/mol. The van der Waals surface area contributed by atoms with Crippen LogP contribution in [-0.2, 0) is 0 Å². The van der Waals surface area contributed by atoms with Gasteiger partial charge in [0.15, 0.2) is 0 Å². The monoisotopic (exact) mass is 451 g/mol. The maximum Gasteiger partial charge on any atom is 0.317 e. The van der Waals surface area contributed by atoms with E-state index in [1.165, 1.54) is 23.5 Å². The van der Waals surface area contributed by atoms with Crippen molar-refractivity contribution in [3.05, 3.63) is 11.9 Å². The second-order valence-corrected chi connectivity index (χ2v) is 7.14. The SMILES string of the molecule is CCCC[NH+]1C=C(CCCCN2C[C@H](C(C)C)NC2=O)N(C)N1.[I-]. The Kier molecular flexibility index (Phi) is 9.36. The number of hydrogen-bond acceptors (Lipinski definition) is 3. The molecular formula is C17H34IN5O. The smallest absolute Gasteiger partial charge is 0.317 e. The van der Waals surface area contributed by atoms with Crippen LogP contribution in [0, 0.1) is 5.92 Å². The molecule has 0 bridgehead atoms. The summed E-state index contributed by atoms with van der Waals surface area (Å²) in [5.74, 6) is 0.504. The number of nitrogens with zero attached hydrogens (tertiary/aromatic N) is 2. The summed E-state index contributed by atoms with van der Waals surface area (Å²) in [4.78, 5) is 13.9. The molecule has 1 fully saturated rings. The van der Waals surface area contributed by atoms with Crippen LogP contribution < -0.4 is 39.8 Å². The summed E-state index contributed by atoms with van der Waals surface area (Å²) in [6, 6.07) is 0.420. The van der Waals surface area contributed by atoms with Gasteiger partial charge in [-0.2, -0.15) is 0 Å². The maximum atomic E-state index is 11.9. The van der Waals surface area contributed by atoms with Crippen LogP contribution in [0.3, 0.4) is 0 Å². The average Bonchev–Trinajstić information content (AvgIpc) is 3.05. The number of unbranched alkanes of at least 4 members (excludes halogenated alkanes) is 2. The van der Waals surface area contributed by atoms with Crippen molar-refractivity contribution in [2.45, 2.75) is 58.9 Å². The largest absolute Gasteiger partial charge is 1.00 e. The zero-order valence-corrected chi connectivity index (χ0v) is 17.7. The molecule has 140 valence electrons. The molecule has 0 spiro atoms. The van der Waals surface area contributed by atoms with Crippen LogP contribution in [0.4, 0.5) is 4.79 Å². The lowest BCUT2D eigenvalue weighted by Crippen LogP contribution is -3.13. The van der Waals surface area contributed by atoms with Gasteiger partial charge in [-0.25, -0.2) is 9.80 Å². The summed E-state index contributed by atoms with van der Waals surface area (Å²) >= 11 is 0. The van der Waals surface area contributed by atoms with E-state index in [1.807, 2.05) is 4.90 Å². The summed E-state index contributed by atoms with van der Waals surface area (Å²) in [6.45, 7) is 9.41. The molecular weight excluding hydrogens is 417 g/mol. The van der Waals surface area contributed by atoms with Crippen LogP contribution in [0.25, 0.3) is 0 Å². The number of carbonyl (C=O) groups is 1. The molecule has 2 amide bonds. The lowest BCUT2D eigenvalue weighted by atomic mass is 10.1. The molecule has 2 aliphatic rings. The minimum absolute atomic E-state index is 0. The van der Waals surface area contributed by atoms with Crippen molar-refractivity contribution in [3.63, 3.8) is 0 Å². The lowest BCUT2D eigenvalue weighted by Gasteiger charge is -2.17. The third-order valence-electron chi connectivity index (χ3n) is 4.81. The molecule has 2 heterocycles. The van der Waals surface area contributed by atoms with E-state index < -0.39 is 0 Å². The van der Waals surface area contributed by atoms with Gasteiger partial charge in [0.25, 0.3) is 0 Å². The van der Waals surface area contributed by atoms with Crippen LogP contribution in [0.1, 0.15) is 52.9 Å². The number of nitrogens with one attached hydrogen (secondary N) is 3. The Labute approximate surface area is 164 Å². The molecule has 1 unspecified atom stereocenters. The van der Waals surface area contributed by atoms with Gasteiger partial charge >= 0.3 is 6.03 Å². The standard InChI is InChI=1S/C17H33N5O.HI/c1-5-6-11-22-12-15(20(4)19-22)9-7-8-10-21-13-16(14(2)3)18-17(21)23;/h12,14,16,19H,5-11,13H2,1-4H3,(H,18,23);1H/t16-;/m1./s1. The van der Waals surface area contributed by atoms with Gasteiger partial charge in [0.05, 0.1) is 11.7 Å². The van der Waals surface area contributed by atoms with Crippen molar-refractivity contribution < 1.29 is 33.8 Å². The van der Waals surface area contributed by atoms with Gasteiger partial charge in [-0.15, -0.1) is 0 Å². The third-order valence-corrected chi connectivity index (χ3v) is 4.81. The highest BCUT2D eigenvalue weighted by molar-refractivity contribution is 5.76. The predicted octanol–water partition coefficient (Wildman–Crippen LogP) is -1.90. The Bertz CT molecular complexity index is 429. The van der Waals surface area contributed by atoms with Gasteiger partial charge in [-0.05, 0) is 31.6 Å². The van der Waals surface area contributed by atoms with Crippen molar-refractivity contribution in [2.75, 3.05) is 26.7 Å². The number of quaternary nitrogens is 1. The van der Waals surface area contributed by atoms with Crippen LogP contribution in [0.2, 0.25) is 0 Å². The summed E-state index contributed by atoms with van der Waals surface area (Å²) < 4.78 is 0. The molecule has 0 aromatic rings. The van der Waals surface area contributed by atoms with Gasteiger partial charge in [-0.1, -0.05) is 32.7 Å². The second kappa shape index (κ2) is 10.5. The highest BCUT2D eigenvalue weighted by atomic mass is 127. The number of allylic oxidation sites excluding steroid dienone is 1. The first-order valence-electron chi connectivity index (χ1n) is 9.13. The average molecular weight is 451 g/mol. The quantitative estimate of drug-likeness (QED) is 0.284. The first kappa shape index (κ1) is 21.5. The fraction of sp³-hybridized carbons (Fsp3) is 0.824. The fourth-order valence-electron chi connectivity index (χ4n) is 3.15. The molecule has 2 aliphatic heterocycles. The number of hydrogen-bond donors (Lipinski definition) is 3. The Morgan fingerprint density at radius 2 is 2.08 bits per heavy atom. The van der Waals surface area contributed by atoms with E-state index in [4.69, 9.17) is 0 Å². The van der Waals surface area contributed by atoms with Crippen molar-refractivity contribution in [2.24, 2.45) is 5.92 Å². The lowest BCUT2D eigenvalue weighted by molar-refractivity contribution is -0.901. The van der Waals surface area contributed by atoms with Crippen LogP contribution in [0.5, 0.6) is 0 Å². The van der Waals surface area contributed by atoms with Crippen molar-refractivity contribution >= 4 is 6.03 Å². The Morgan fingerprint density at radius 1 is 1.33 bits per heavy atom. The molecule has 6 nitrogen and oxygen atoms in total. The number of urea groups is 1. The molecule has 7 heteroatoms. The van der Waals surface area contributed by atoms with E-state index in [-0.39, 0.29) is 30.0 Å². The molecule has 2 atom stereocenters. The molecule has 0 aromatic heterocycles. The summed E-state index contributed by atoms with van der Waals surface area (Å²) in [5, 5.41) is 6.55. The van der Waals surface area contributed by atoms with Gasteiger partial charge < -0.3 is 34.2 Å². The van der Waals surface area contributed by atoms with Gasteiger partial charge in [0.1, 0.15) is 12.7 Å². The van der Waals surface area contributed by atoms with E-state index in [9.17, 15) is 4.79 Å². The topological polar surface area (TPSA) is 52.1 Å². The molecule has 0 radical (unpaired) electrons. The highest BCUT2D eigenvalue weighted by Crippen LogP contribution is 2.14. The van der Waals surface area contributed by atoms with E-state index in [1.54, 1.807) is 0 Å². The minimum atomic E-state index is 0. The minimum Gasteiger partial charge on any atom is -1.00 e. The maximum absolute atomic E-state index is 11.9. The second-order valence-electron chi connectivity index (χ2n) is 7.14. The zero-order valence-electron chi connectivity index (χ0n) is 15.6. The normalized spacial score (nSPS) is 23.5. The van der Waals surface area contributed by atoms with Crippen molar-refractivity contribution in [3.8, 4) is 0 Å². The summed E-state index contributed by atoms with van der Waals surface area (Å²) in [5.41, 5.74) is 4.79. The third kappa shape index (κ3) is 6.07. The van der Waals surface area contributed by atoms with Gasteiger partial charge in [0, 0.05) is 20.1 Å². The number of rotatable bonds is 9. The summed E-state index contributed by atoms with van der Waals surface area (Å²) in [7, 11) is 2.09. The Balaban J connectivity index is 0.00000288. The number of hydrazine groups is 1. The van der Waals surface area contributed by atoms with E-state index >= 15 is 0 Å². The first-order chi connectivity index (χ1) is 11.0. The van der Waals surface area contributed by atoms with Gasteiger partial charge in [-0.3, -0.25) is 5.01 Å². The molecule has 0 aliphatic carbocycles. The van der Waals surface area contributed by atoms with E-state index in [0.717, 1.165) is 38.9 Å². The fourth-order valence-corrected chi connectivity index (χ4v) is 3.15. The van der Waals surface area contributed by atoms with Crippen LogP contribution >= 0.6 is 0 Å². The van der Waals surface area contributed by atoms with E-state index in [0.29, 0.717) is 12.0 Å². The Morgan fingerprint density at radius 3 is 2.71 bits per heavy atom. The first-order valence-corrected chi connectivity index (χ1v) is 9.13.